The summed E-state index contributed by atoms with van der Waals surface area (Å²) in [4.78, 5) is 12.8. The van der Waals surface area contributed by atoms with E-state index in [4.69, 9.17) is 0 Å². The number of nitrogens with zero attached hydrogens (tertiary/aromatic N) is 2. The second-order valence-corrected chi connectivity index (χ2v) is 7.74. The number of carbonyl (C=O) groups excluding carboxylic acids is 1. The number of benzene rings is 1. The van der Waals surface area contributed by atoms with Crippen molar-refractivity contribution in [3.63, 3.8) is 0 Å². The molecule has 0 radical (unpaired) electrons. The van der Waals surface area contributed by atoms with Gasteiger partial charge in [0.1, 0.15) is 0 Å². The molecular weight excluding hydrogens is 312 g/mol. The molecule has 1 aromatic heterocycles. The molecule has 2 N–H and O–H groups in total. The molecule has 3 rings (SSSR count). The zero-order valence-electron chi connectivity index (χ0n) is 15.5. The fourth-order valence-electron chi connectivity index (χ4n) is 3.80. The van der Waals surface area contributed by atoms with Crippen LogP contribution in [0.5, 0.6) is 0 Å². The normalized spacial score (nSPS) is 20.6. The summed E-state index contributed by atoms with van der Waals surface area (Å²) in [5.74, 6) is 0.271. The second-order valence-electron chi connectivity index (χ2n) is 7.74. The number of carbonyl (C=O) groups is 1. The minimum atomic E-state index is -0.100. The molecule has 1 aliphatic rings. The van der Waals surface area contributed by atoms with Crippen LogP contribution in [0, 0.1) is 12.8 Å². The van der Waals surface area contributed by atoms with Crippen molar-refractivity contribution >= 4 is 5.91 Å². The van der Waals surface area contributed by atoms with Crippen LogP contribution in [0.4, 0.5) is 0 Å². The number of hydrogen-bond acceptors (Lipinski definition) is 3. The molecule has 1 amide bonds. The van der Waals surface area contributed by atoms with Crippen LogP contribution >= 0.6 is 0 Å². The van der Waals surface area contributed by atoms with Crippen LogP contribution in [0.2, 0.25) is 0 Å². The fourth-order valence-corrected chi connectivity index (χ4v) is 3.80. The maximum Gasteiger partial charge on any atom is 0.225 e. The van der Waals surface area contributed by atoms with E-state index in [-0.39, 0.29) is 23.2 Å². The molecule has 1 aliphatic heterocycles. The van der Waals surface area contributed by atoms with Crippen LogP contribution in [0.3, 0.4) is 0 Å². The van der Waals surface area contributed by atoms with Crippen molar-refractivity contribution in [3.05, 3.63) is 53.3 Å². The third kappa shape index (κ3) is 3.76. The Bertz CT molecular complexity index is 750. The molecule has 5 nitrogen and oxygen atoms in total. The Hall–Kier alpha value is -2.14. The van der Waals surface area contributed by atoms with E-state index in [1.165, 1.54) is 11.1 Å². The van der Waals surface area contributed by atoms with E-state index in [0.717, 1.165) is 18.7 Å². The zero-order valence-corrected chi connectivity index (χ0v) is 15.5. The first-order valence-electron chi connectivity index (χ1n) is 8.91. The number of nitrogens with one attached hydrogen (secondary N) is 2. The molecule has 1 fully saturated rings. The Labute approximate surface area is 149 Å². The summed E-state index contributed by atoms with van der Waals surface area (Å²) in [7, 11) is 1.91. The number of hydrogen-bond donors (Lipinski definition) is 2. The molecule has 0 unspecified atom stereocenters. The molecule has 25 heavy (non-hydrogen) atoms. The van der Waals surface area contributed by atoms with Crippen molar-refractivity contribution in [2.24, 2.45) is 13.0 Å². The van der Waals surface area contributed by atoms with Gasteiger partial charge in [-0.15, -0.1) is 0 Å². The van der Waals surface area contributed by atoms with Crippen LogP contribution in [-0.2, 0) is 17.3 Å². The Morgan fingerprint density at radius 2 is 2.12 bits per heavy atom. The third-order valence-corrected chi connectivity index (χ3v) is 5.28. The summed E-state index contributed by atoms with van der Waals surface area (Å²) in [6.45, 7) is 8.66. The first-order valence-corrected chi connectivity index (χ1v) is 8.91. The zero-order chi connectivity index (χ0) is 18.0. The Morgan fingerprint density at radius 3 is 2.80 bits per heavy atom. The maximum atomic E-state index is 12.8. The summed E-state index contributed by atoms with van der Waals surface area (Å²) >= 11 is 0. The average Bonchev–Trinajstić information content (AvgIpc) is 3.21. The fraction of sp³-hybridized carbons (Fsp3) is 0.500. The van der Waals surface area contributed by atoms with Gasteiger partial charge < -0.3 is 10.6 Å². The Kier molecular flexibility index (Phi) is 4.95. The lowest BCUT2D eigenvalue weighted by Gasteiger charge is -2.28. The number of aryl methyl sites for hydroxylation is 2. The van der Waals surface area contributed by atoms with Crippen LogP contribution in [0.25, 0.3) is 0 Å². The summed E-state index contributed by atoms with van der Waals surface area (Å²) in [6.07, 6.45) is 3.88. The summed E-state index contributed by atoms with van der Waals surface area (Å²) < 4.78 is 1.80. The monoisotopic (exact) mass is 340 g/mol. The lowest BCUT2D eigenvalue weighted by molar-refractivity contribution is -0.125. The van der Waals surface area contributed by atoms with Crippen molar-refractivity contribution in [3.8, 4) is 0 Å². The van der Waals surface area contributed by atoms with Crippen molar-refractivity contribution in [1.82, 2.24) is 20.4 Å². The van der Waals surface area contributed by atoms with Crippen LogP contribution < -0.4 is 10.6 Å². The van der Waals surface area contributed by atoms with Crippen molar-refractivity contribution in [2.45, 2.75) is 32.1 Å². The van der Waals surface area contributed by atoms with Gasteiger partial charge in [-0.1, -0.05) is 38.1 Å². The van der Waals surface area contributed by atoms with E-state index in [2.05, 4.69) is 60.8 Å². The molecule has 1 saturated heterocycles. The molecule has 0 bridgehead atoms. The van der Waals surface area contributed by atoms with Gasteiger partial charge in [-0.3, -0.25) is 9.48 Å². The highest BCUT2D eigenvalue weighted by molar-refractivity contribution is 5.80. The smallest absolute Gasteiger partial charge is 0.225 e. The predicted molar refractivity (Wildman–Crippen MR) is 99.5 cm³/mol. The first kappa shape index (κ1) is 17.7. The third-order valence-electron chi connectivity index (χ3n) is 5.28. The maximum absolute atomic E-state index is 12.8. The first-order chi connectivity index (χ1) is 11.9. The van der Waals surface area contributed by atoms with Crippen LogP contribution in [-0.4, -0.2) is 35.3 Å². The molecule has 134 valence electrons. The standard InChI is InChI=1S/C20H28N4O/c1-14-7-5-6-8-18(14)20(2,3)13-22-19(25)17-11-21-10-16(17)15-9-23-24(4)12-15/h5-9,12,16-17,21H,10-11,13H2,1-4H3,(H,22,25)/t16-,17+/m1/s1. The van der Waals surface area contributed by atoms with E-state index in [1.807, 2.05) is 19.4 Å². The topological polar surface area (TPSA) is 59.0 Å². The van der Waals surface area contributed by atoms with E-state index < -0.39 is 0 Å². The number of rotatable bonds is 5. The van der Waals surface area contributed by atoms with Gasteiger partial charge in [0, 0.05) is 44.2 Å². The summed E-state index contributed by atoms with van der Waals surface area (Å²) in [5, 5.41) is 10.8. The highest BCUT2D eigenvalue weighted by atomic mass is 16.1. The molecule has 2 heterocycles. The summed E-state index contributed by atoms with van der Waals surface area (Å²) in [5.41, 5.74) is 3.57. The molecule has 2 atom stereocenters. The highest BCUT2D eigenvalue weighted by Gasteiger charge is 2.35. The average molecular weight is 340 g/mol. The summed E-state index contributed by atoms with van der Waals surface area (Å²) in [6, 6.07) is 8.39. The Morgan fingerprint density at radius 1 is 1.36 bits per heavy atom. The van der Waals surface area contributed by atoms with Gasteiger partial charge >= 0.3 is 0 Å². The molecule has 0 saturated carbocycles. The van der Waals surface area contributed by atoms with Crippen LogP contribution in [0.15, 0.2) is 36.7 Å². The predicted octanol–water partition coefficient (Wildman–Crippen LogP) is 2.13. The SMILES string of the molecule is Cc1ccccc1C(C)(C)CNC(=O)[C@H]1CNC[C@@H]1c1cnn(C)c1. The van der Waals surface area contributed by atoms with Crippen LogP contribution in [0.1, 0.15) is 36.5 Å². The molecule has 5 heteroatoms. The van der Waals surface area contributed by atoms with Crippen molar-refractivity contribution < 1.29 is 4.79 Å². The van der Waals surface area contributed by atoms with E-state index in [1.54, 1.807) is 4.68 Å². The lowest BCUT2D eigenvalue weighted by Crippen LogP contribution is -2.41. The number of aromatic nitrogens is 2. The van der Waals surface area contributed by atoms with E-state index >= 15 is 0 Å². The lowest BCUT2D eigenvalue weighted by atomic mass is 9.81. The van der Waals surface area contributed by atoms with Gasteiger partial charge in [-0.05, 0) is 23.6 Å². The molecule has 2 aromatic rings. The Balaban J connectivity index is 1.66. The molecule has 0 spiro atoms. The minimum Gasteiger partial charge on any atom is -0.355 e. The van der Waals surface area contributed by atoms with Gasteiger partial charge in [0.25, 0.3) is 0 Å². The highest BCUT2D eigenvalue weighted by Crippen LogP contribution is 2.29. The van der Waals surface area contributed by atoms with Gasteiger partial charge in [0.15, 0.2) is 0 Å². The number of amides is 1. The molecule has 0 aliphatic carbocycles. The second kappa shape index (κ2) is 7.00. The van der Waals surface area contributed by atoms with E-state index in [9.17, 15) is 4.79 Å². The van der Waals surface area contributed by atoms with Gasteiger partial charge in [-0.25, -0.2) is 0 Å². The van der Waals surface area contributed by atoms with Gasteiger partial charge in [-0.2, -0.15) is 5.10 Å². The molecule has 1 aromatic carbocycles. The van der Waals surface area contributed by atoms with Gasteiger partial charge in [0.05, 0.1) is 12.1 Å². The quantitative estimate of drug-likeness (QED) is 0.877. The molecular formula is C20H28N4O. The minimum absolute atomic E-state index is 0.0446. The van der Waals surface area contributed by atoms with Crippen molar-refractivity contribution in [2.75, 3.05) is 19.6 Å². The van der Waals surface area contributed by atoms with Crippen molar-refractivity contribution in [1.29, 1.82) is 0 Å². The van der Waals surface area contributed by atoms with Gasteiger partial charge in [0.2, 0.25) is 5.91 Å². The largest absolute Gasteiger partial charge is 0.355 e. The van der Waals surface area contributed by atoms with E-state index in [0.29, 0.717) is 6.54 Å².